The zero-order valence-electron chi connectivity index (χ0n) is 31.5. The van der Waals surface area contributed by atoms with Gasteiger partial charge in [0.2, 0.25) is 9.84 Å². The van der Waals surface area contributed by atoms with Crippen LogP contribution in [0.5, 0.6) is 11.5 Å². The summed E-state index contributed by atoms with van der Waals surface area (Å²) in [5, 5.41) is 21.3. The minimum absolute atomic E-state index is 0.117. The van der Waals surface area contributed by atoms with Gasteiger partial charge >= 0.3 is 0 Å². The molecule has 6 rings (SSSR count). The molecule has 0 radical (unpaired) electrons. The van der Waals surface area contributed by atoms with E-state index in [1.807, 2.05) is 36.4 Å². The Kier molecular flexibility index (Phi) is 15.1. The fourth-order valence-electron chi connectivity index (χ4n) is 6.77. The molecule has 0 unspecified atom stereocenters. The van der Waals surface area contributed by atoms with Crippen molar-refractivity contribution in [2.45, 2.75) is 22.0 Å². The highest BCUT2D eigenvalue weighted by Gasteiger charge is 2.22. The molecule has 4 aromatic carbocycles. The number of benzene rings is 4. The number of rotatable bonds is 18. The molecule has 55 heavy (non-hydrogen) atoms. The van der Waals surface area contributed by atoms with Crippen molar-refractivity contribution >= 4 is 22.0 Å². The Labute approximate surface area is 326 Å². The predicted octanol–water partition coefficient (Wildman–Crippen LogP) is 4.66. The number of β-amino-alcohol motifs (C(OH)–C–C–N with tert-alkyl or cyclic N) is 2. The fourth-order valence-corrected chi connectivity index (χ4v) is 8.03. The van der Waals surface area contributed by atoms with E-state index in [4.69, 9.17) is 9.47 Å². The third-order valence-corrected chi connectivity index (χ3v) is 11.8. The van der Waals surface area contributed by atoms with Gasteiger partial charge in [-0.2, -0.15) is 0 Å². The van der Waals surface area contributed by atoms with Crippen LogP contribution >= 0.6 is 0 Å². The van der Waals surface area contributed by atoms with E-state index < -0.39 is 22.0 Å². The lowest BCUT2D eigenvalue weighted by Gasteiger charge is -2.35. The van der Waals surface area contributed by atoms with Crippen LogP contribution in [0.1, 0.15) is 11.1 Å². The molecule has 10 nitrogen and oxygen atoms in total. The molecule has 2 fully saturated rings. The molecule has 0 aromatic heterocycles. The number of aliphatic hydroxyl groups excluding tert-OH is 2. The topological polar surface area (TPSA) is 106 Å². The van der Waals surface area contributed by atoms with E-state index in [2.05, 4.69) is 68.2 Å². The molecular formula is C44H54N4O6S. The maximum Gasteiger partial charge on any atom is 0.206 e. The monoisotopic (exact) mass is 766 g/mol. The van der Waals surface area contributed by atoms with Crippen molar-refractivity contribution < 1.29 is 28.1 Å². The van der Waals surface area contributed by atoms with E-state index in [9.17, 15) is 18.6 Å². The highest BCUT2D eigenvalue weighted by atomic mass is 32.2. The Morgan fingerprint density at radius 3 is 1.22 bits per heavy atom. The van der Waals surface area contributed by atoms with Gasteiger partial charge in [0, 0.05) is 78.5 Å². The van der Waals surface area contributed by atoms with Crippen molar-refractivity contribution in [2.75, 3.05) is 91.8 Å². The van der Waals surface area contributed by atoms with E-state index in [1.54, 1.807) is 24.3 Å². The number of aliphatic hydroxyl groups is 2. The van der Waals surface area contributed by atoms with Crippen molar-refractivity contribution in [1.82, 2.24) is 19.6 Å². The smallest absolute Gasteiger partial charge is 0.206 e. The number of sulfone groups is 1. The molecule has 0 spiro atoms. The lowest BCUT2D eigenvalue weighted by Crippen LogP contribution is -2.49. The van der Waals surface area contributed by atoms with Crippen molar-refractivity contribution in [3.8, 4) is 11.5 Å². The maximum atomic E-state index is 13.3. The molecule has 2 aliphatic rings. The van der Waals surface area contributed by atoms with Crippen LogP contribution < -0.4 is 9.47 Å². The average molecular weight is 767 g/mol. The minimum atomic E-state index is -3.76. The number of nitrogens with zero attached hydrogens (tertiary/aromatic N) is 4. The van der Waals surface area contributed by atoms with E-state index in [0.29, 0.717) is 24.6 Å². The molecule has 4 aromatic rings. The van der Waals surface area contributed by atoms with Crippen molar-refractivity contribution in [2.24, 2.45) is 0 Å². The van der Waals surface area contributed by atoms with E-state index in [0.717, 1.165) is 65.4 Å². The summed E-state index contributed by atoms with van der Waals surface area (Å²) >= 11 is 0. The van der Waals surface area contributed by atoms with Gasteiger partial charge in [-0.05, 0) is 59.7 Å². The highest BCUT2D eigenvalue weighted by molar-refractivity contribution is 7.91. The first-order chi connectivity index (χ1) is 26.8. The molecule has 292 valence electrons. The van der Waals surface area contributed by atoms with Crippen LogP contribution in [-0.4, -0.2) is 142 Å². The van der Waals surface area contributed by atoms with Gasteiger partial charge in [-0.3, -0.25) is 19.6 Å². The summed E-state index contributed by atoms with van der Waals surface area (Å²) in [6.07, 6.45) is 7.36. The zero-order chi connectivity index (χ0) is 38.3. The quantitative estimate of drug-likeness (QED) is 0.149. The number of hydrogen-bond donors (Lipinski definition) is 2. The molecular weight excluding hydrogens is 713 g/mol. The minimum Gasteiger partial charge on any atom is -0.491 e. The van der Waals surface area contributed by atoms with Crippen LogP contribution in [0, 0.1) is 0 Å². The van der Waals surface area contributed by atoms with Gasteiger partial charge < -0.3 is 19.7 Å². The van der Waals surface area contributed by atoms with Crippen LogP contribution in [0.15, 0.2) is 131 Å². The first kappa shape index (κ1) is 40.3. The Hall–Kier alpha value is -4.33. The van der Waals surface area contributed by atoms with Gasteiger partial charge in [0.15, 0.2) is 0 Å². The van der Waals surface area contributed by atoms with Gasteiger partial charge in [-0.15, -0.1) is 0 Å². The third kappa shape index (κ3) is 12.9. The number of piperazine rings is 2. The molecule has 2 heterocycles. The Bertz CT molecular complexity index is 1740. The largest absolute Gasteiger partial charge is 0.491 e. The van der Waals surface area contributed by atoms with Crippen LogP contribution in [0.4, 0.5) is 0 Å². The maximum absolute atomic E-state index is 13.3. The summed E-state index contributed by atoms with van der Waals surface area (Å²) in [5.41, 5.74) is 2.40. The molecule has 0 saturated carbocycles. The first-order valence-corrected chi connectivity index (χ1v) is 20.7. The van der Waals surface area contributed by atoms with E-state index in [-0.39, 0.29) is 23.0 Å². The zero-order valence-corrected chi connectivity index (χ0v) is 32.3. The molecule has 0 amide bonds. The third-order valence-electron chi connectivity index (χ3n) is 9.97. The summed E-state index contributed by atoms with van der Waals surface area (Å²) in [7, 11) is -3.76. The Morgan fingerprint density at radius 2 is 0.855 bits per heavy atom. The Balaban J connectivity index is 0.862. The summed E-state index contributed by atoms with van der Waals surface area (Å²) in [5.74, 6) is 0.987. The van der Waals surface area contributed by atoms with E-state index >= 15 is 0 Å². The van der Waals surface area contributed by atoms with Crippen LogP contribution in [0.25, 0.3) is 12.2 Å². The van der Waals surface area contributed by atoms with E-state index in [1.165, 1.54) is 35.4 Å². The lowest BCUT2D eigenvalue weighted by atomic mass is 10.2. The molecule has 2 atom stereocenters. The molecule has 0 bridgehead atoms. The molecule has 2 aliphatic heterocycles. The normalized spacial score (nSPS) is 17.8. The SMILES string of the molecule is O=S(=O)(c1ccc(OC[C@H](O)CN2CCN(C/C=C/c3ccccc3)CC2)cc1)c1ccc(OC[C@H](O)CN2CCN(C/C=C/c3ccccc3)CC2)cc1. The standard InChI is InChI=1S/C44H54N4O6S/c49-39(33-47-29-25-45(26-30-47)23-7-13-37-9-3-1-4-10-37)35-53-41-15-19-43(20-16-41)55(51,52)44-21-17-42(18-22-44)54-36-40(50)34-48-31-27-46(28-32-48)24-8-14-38-11-5-2-6-12-38/h1-22,39-40,49-50H,23-36H2/b13-7+,14-8+/t39-,40-/m1/s1. The predicted molar refractivity (Wildman–Crippen MR) is 218 cm³/mol. The van der Waals surface area contributed by atoms with Gasteiger partial charge in [-0.1, -0.05) is 85.0 Å². The molecule has 11 heteroatoms. The van der Waals surface area contributed by atoms with Gasteiger partial charge in [-0.25, -0.2) is 8.42 Å². The first-order valence-electron chi connectivity index (χ1n) is 19.2. The summed E-state index contributed by atoms with van der Waals surface area (Å²) in [6.45, 7) is 10.4. The van der Waals surface area contributed by atoms with Crippen molar-refractivity contribution in [3.63, 3.8) is 0 Å². The van der Waals surface area contributed by atoms with Crippen LogP contribution in [-0.2, 0) is 9.84 Å². The second kappa shape index (κ2) is 20.5. The van der Waals surface area contributed by atoms with Crippen LogP contribution in [0.2, 0.25) is 0 Å². The molecule has 0 aliphatic carbocycles. The fraction of sp³-hybridized carbons (Fsp3) is 0.364. The summed E-state index contributed by atoms with van der Waals surface area (Å²) < 4.78 is 38.3. The Morgan fingerprint density at radius 1 is 0.509 bits per heavy atom. The van der Waals surface area contributed by atoms with Gasteiger partial charge in [0.1, 0.15) is 36.9 Å². The van der Waals surface area contributed by atoms with Crippen molar-refractivity contribution in [1.29, 1.82) is 0 Å². The molecule has 2 saturated heterocycles. The molecule has 2 N–H and O–H groups in total. The summed E-state index contributed by atoms with van der Waals surface area (Å²) in [6, 6.07) is 33.1. The average Bonchev–Trinajstić information content (AvgIpc) is 3.22. The van der Waals surface area contributed by atoms with Crippen LogP contribution in [0.3, 0.4) is 0 Å². The number of hydrogen-bond acceptors (Lipinski definition) is 10. The second-order valence-corrected chi connectivity index (χ2v) is 16.2. The number of ether oxygens (including phenoxy) is 2. The van der Waals surface area contributed by atoms with Gasteiger partial charge in [0.25, 0.3) is 0 Å². The van der Waals surface area contributed by atoms with Crippen molar-refractivity contribution in [3.05, 3.63) is 132 Å². The summed E-state index contributed by atoms with van der Waals surface area (Å²) in [4.78, 5) is 9.59. The second-order valence-electron chi connectivity index (χ2n) is 14.2. The van der Waals surface area contributed by atoms with Gasteiger partial charge in [0.05, 0.1) is 9.79 Å². The lowest BCUT2D eigenvalue weighted by molar-refractivity contribution is 0.0481. The highest BCUT2D eigenvalue weighted by Crippen LogP contribution is 2.25.